The molecule has 12 nitrogen and oxygen atoms in total. The lowest BCUT2D eigenvalue weighted by atomic mass is 9.77. The number of para-hydroxylation sites is 1. The zero-order valence-electron chi connectivity index (χ0n) is 26.0. The van der Waals surface area contributed by atoms with Gasteiger partial charge < -0.3 is 26.2 Å². The molecule has 1 saturated carbocycles. The lowest BCUT2D eigenvalue weighted by molar-refractivity contribution is -0.129. The number of carbonyl (C=O) groups is 4. The summed E-state index contributed by atoms with van der Waals surface area (Å²) in [4.78, 5) is 56.0. The minimum absolute atomic E-state index is 0.0595. The van der Waals surface area contributed by atoms with Crippen LogP contribution in [0.4, 0.5) is 4.79 Å². The van der Waals surface area contributed by atoms with Crippen molar-refractivity contribution < 1.29 is 29.0 Å². The van der Waals surface area contributed by atoms with E-state index in [1.807, 2.05) is 47.5 Å². The van der Waals surface area contributed by atoms with Crippen LogP contribution in [0.3, 0.4) is 0 Å². The molecule has 1 saturated heterocycles. The number of aliphatic hydroxyl groups excluding tert-OH is 1. The number of amides is 4. The third-order valence-corrected chi connectivity index (χ3v) is 8.99. The van der Waals surface area contributed by atoms with Gasteiger partial charge in [0.25, 0.3) is 5.91 Å². The summed E-state index contributed by atoms with van der Waals surface area (Å²) in [6.07, 6.45) is 2.54. The van der Waals surface area contributed by atoms with E-state index in [-0.39, 0.29) is 18.7 Å². The number of methoxy groups -OCH3 is 1. The van der Waals surface area contributed by atoms with Gasteiger partial charge >= 0.3 is 6.09 Å². The molecule has 5 N–H and O–H groups in total. The molecule has 2 aliphatic rings. The van der Waals surface area contributed by atoms with Gasteiger partial charge in [0.2, 0.25) is 11.8 Å². The molecule has 0 bridgehead atoms. The summed E-state index contributed by atoms with van der Waals surface area (Å²) in [6.45, 7) is 1.15. The first-order valence-corrected chi connectivity index (χ1v) is 15.8. The number of hydrazine groups is 1. The molecule has 4 unspecified atom stereocenters. The van der Waals surface area contributed by atoms with E-state index in [1.165, 1.54) is 7.11 Å². The third-order valence-electron chi connectivity index (χ3n) is 8.99. The molecule has 3 aromatic rings. The van der Waals surface area contributed by atoms with Crippen molar-refractivity contribution in [3.05, 3.63) is 78.0 Å². The Morgan fingerprint density at radius 1 is 0.957 bits per heavy atom. The van der Waals surface area contributed by atoms with Gasteiger partial charge in [0.15, 0.2) is 0 Å². The number of benzene rings is 2. The summed E-state index contributed by atoms with van der Waals surface area (Å²) in [5.41, 5.74) is 7.02. The molecule has 1 aromatic heterocycles. The van der Waals surface area contributed by atoms with Gasteiger partial charge in [-0.25, -0.2) is 19.8 Å². The number of carbonyl (C=O) groups excluding carboxylic acids is 4. The molecule has 5 atom stereocenters. The maximum absolute atomic E-state index is 13.7. The molecule has 0 radical (unpaired) electrons. The molecule has 244 valence electrons. The monoisotopic (exact) mass is 630 g/mol. The topological polar surface area (TPSA) is 167 Å². The van der Waals surface area contributed by atoms with Crippen LogP contribution >= 0.6 is 0 Å². The number of β-amino-alcohol motifs (C(OH)–C–C–N with tert-alkyl or cyclic N) is 1. The SMILES string of the molecule is COC(=O)N1CC2CCCCC2CN1CC(O)C(Cc1ccccc1)NC(=O)[C@H](CC(N)=O)NC(=O)c1ccc2ccccc2n1. The van der Waals surface area contributed by atoms with Gasteiger partial charge in [0.05, 0.1) is 31.2 Å². The minimum atomic E-state index is -1.31. The molecule has 1 aliphatic carbocycles. The van der Waals surface area contributed by atoms with Crippen LogP contribution in [0.1, 0.15) is 48.2 Å². The van der Waals surface area contributed by atoms with Gasteiger partial charge in [0, 0.05) is 25.0 Å². The number of aromatic nitrogens is 1. The first-order chi connectivity index (χ1) is 22.2. The largest absolute Gasteiger partial charge is 0.452 e. The number of nitrogens with one attached hydrogen (secondary N) is 2. The Kier molecular flexibility index (Phi) is 10.8. The van der Waals surface area contributed by atoms with Crippen LogP contribution < -0.4 is 16.4 Å². The molecule has 2 heterocycles. The van der Waals surface area contributed by atoms with E-state index in [9.17, 15) is 24.3 Å². The highest BCUT2D eigenvalue weighted by atomic mass is 16.5. The number of hydrogen-bond acceptors (Lipinski definition) is 8. The second-order valence-electron chi connectivity index (χ2n) is 12.2. The van der Waals surface area contributed by atoms with Crippen LogP contribution in [0.5, 0.6) is 0 Å². The summed E-state index contributed by atoms with van der Waals surface area (Å²) < 4.78 is 5.07. The molecule has 46 heavy (non-hydrogen) atoms. The standard InChI is InChI=1S/C34H42N6O6/c1-46-34(45)40-20-25-13-6-5-12-24(25)19-39(40)21-30(41)28(17-22-9-3-2-4-10-22)37-33(44)29(18-31(35)42)38-32(43)27-16-15-23-11-7-8-14-26(23)36-27/h2-4,7-11,14-16,24-25,28-30,41H,5-6,12-13,17-21H2,1H3,(H2,35,42)(H,37,44)(H,38,43)/t24?,25?,28?,29-,30?/m0/s1. The zero-order valence-corrected chi connectivity index (χ0v) is 26.0. The van der Waals surface area contributed by atoms with Gasteiger partial charge in [-0.2, -0.15) is 0 Å². The zero-order chi connectivity index (χ0) is 32.6. The maximum Gasteiger partial charge on any atom is 0.424 e. The van der Waals surface area contributed by atoms with Crippen LogP contribution in [0.2, 0.25) is 0 Å². The van der Waals surface area contributed by atoms with Crippen LogP contribution in [0.15, 0.2) is 66.7 Å². The van der Waals surface area contributed by atoms with E-state index in [0.717, 1.165) is 36.6 Å². The molecular weight excluding hydrogens is 588 g/mol. The average Bonchev–Trinajstić information content (AvgIpc) is 3.06. The molecule has 5 rings (SSSR count). The number of nitrogens with zero attached hydrogens (tertiary/aromatic N) is 3. The van der Waals surface area contributed by atoms with E-state index in [4.69, 9.17) is 10.5 Å². The summed E-state index contributed by atoms with van der Waals surface area (Å²) >= 11 is 0. The molecule has 1 aliphatic heterocycles. The van der Waals surface area contributed by atoms with Crippen molar-refractivity contribution in [3.8, 4) is 0 Å². The fraction of sp³-hybridized carbons (Fsp3) is 0.441. The average molecular weight is 631 g/mol. The maximum atomic E-state index is 13.7. The second kappa shape index (κ2) is 15.2. The molecule has 12 heteroatoms. The van der Waals surface area contributed by atoms with Crippen LogP contribution in [-0.2, 0) is 20.7 Å². The number of pyridine rings is 1. The third kappa shape index (κ3) is 8.18. The first-order valence-electron chi connectivity index (χ1n) is 15.8. The summed E-state index contributed by atoms with van der Waals surface area (Å²) in [6, 6.07) is 17.8. The Morgan fingerprint density at radius 3 is 2.37 bits per heavy atom. The van der Waals surface area contributed by atoms with E-state index >= 15 is 0 Å². The lowest BCUT2D eigenvalue weighted by Crippen LogP contribution is -2.61. The Bertz CT molecular complexity index is 1540. The molecule has 4 amide bonds. The first kappa shape index (κ1) is 32.8. The number of ether oxygens (including phenoxy) is 1. The smallest absolute Gasteiger partial charge is 0.424 e. The number of nitrogens with two attached hydrogens (primary N) is 1. The highest BCUT2D eigenvalue weighted by Crippen LogP contribution is 2.35. The van der Waals surface area contributed by atoms with Gasteiger partial charge in [0.1, 0.15) is 11.7 Å². The Morgan fingerprint density at radius 2 is 1.65 bits per heavy atom. The quantitative estimate of drug-likeness (QED) is 0.251. The molecule has 2 fully saturated rings. The van der Waals surface area contributed by atoms with E-state index in [0.29, 0.717) is 30.4 Å². The fourth-order valence-electron chi connectivity index (χ4n) is 6.55. The number of fused-ring (bicyclic) bond motifs is 2. The predicted octanol–water partition coefficient (Wildman–Crippen LogP) is 2.40. The van der Waals surface area contributed by atoms with Crippen molar-refractivity contribution in [1.82, 2.24) is 25.6 Å². The highest BCUT2D eigenvalue weighted by Gasteiger charge is 2.40. The second-order valence-corrected chi connectivity index (χ2v) is 12.2. The number of hydrogen-bond donors (Lipinski definition) is 4. The van der Waals surface area contributed by atoms with Gasteiger partial charge in [-0.05, 0) is 48.8 Å². The van der Waals surface area contributed by atoms with E-state index in [2.05, 4.69) is 15.6 Å². The van der Waals surface area contributed by atoms with Gasteiger partial charge in [-0.3, -0.25) is 14.4 Å². The van der Waals surface area contributed by atoms with Crippen molar-refractivity contribution in [1.29, 1.82) is 0 Å². The summed E-state index contributed by atoms with van der Waals surface area (Å²) in [7, 11) is 1.34. The Balaban J connectivity index is 1.34. The minimum Gasteiger partial charge on any atom is -0.452 e. The normalized spacial score (nSPS) is 20.2. The molecular formula is C34H42N6O6. The molecule has 2 aromatic carbocycles. The Labute approximate surface area is 268 Å². The van der Waals surface area contributed by atoms with Crippen molar-refractivity contribution in [2.45, 2.75) is 56.7 Å². The predicted molar refractivity (Wildman–Crippen MR) is 171 cm³/mol. The van der Waals surface area contributed by atoms with Crippen molar-refractivity contribution >= 4 is 34.7 Å². The van der Waals surface area contributed by atoms with E-state index < -0.39 is 48.4 Å². The van der Waals surface area contributed by atoms with Crippen molar-refractivity contribution in [2.75, 3.05) is 26.7 Å². The van der Waals surface area contributed by atoms with Crippen molar-refractivity contribution in [3.63, 3.8) is 0 Å². The van der Waals surface area contributed by atoms with Crippen LogP contribution in [-0.4, -0.2) is 88.9 Å². The summed E-state index contributed by atoms with van der Waals surface area (Å²) in [5.74, 6) is -1.34. The van der Waals surface area contributed by atoms with Crippen LogP contribution in [0, 0.1) is 11.8 Å². The molecule has 0 spiro atoms. The van der Waals surface area contributed by atoms with Gasteiger partial charge in [-0.15, -0.1) is 0 Å². The number of rotatable bonds is 11. The number of aliphatic hydroxyl groups is 1. The van der Waals surface area contributed by atoms with Crippen molar-refractivity contribution in [2.24, 2.45) is 17.6 Å². The Hall–Kier alpha value is -4.55. The van der Waals surface area contributed by atoms with Crippen LogP contribution in [0.25, 0.3) is 10.9 Å². The fourth-order valence-corrected chi connectivity index (χ4v) is 6.55. The lowest BCUT2D eigenvalue weighted by Gasteiger charge is -2.48. The van der Waals surface area contributed by atoms with Gasteiger partial charge in [-0.1, -0.05) is 67.4 Å². The number of primary amides is 1. The summed E-state index contributed by atoms with van der Waals surface area (Å²) in [5, 5.41) is 21.3. The van der Waals surface area contributed by atoms with E-state index in [1.54, 1.807) is 29.3 Å². The highest BCUT2D eigenvalue weighted by molar-refractivity contribution is 5.99.